The van der Waals surface area contributed by atoms with Crippen LogP contribution in [0.5, 0.6) is 0 Å². The van der Waals surface area contributed by atoms with Crippen molar-refractivity contribution in [1.29, 1.82) is 0 Å². The summed E-state index contributed by atoms with van der Waals surface area (Å²) in [6.45, 7) is 2.06. The van der Waals surface area contributed by atoms with Crippen LogP contribution < -0.4 is 5.73 Å². The number of rotatable bonds is 4. The van der Waals surface area contributed by atoms with Crippen LogP contribution >= 0.6 is 0 Å². The van der Waals surface area contributed by atoms with Crippen molar-refractivity contribution in [2.24, 2.45) is 0 Å². The van der Waals surface area contributed by atoms with Gasteiger partial charge in [0.2, 0.25) is 0 Å². The average Bonchev–Trinajstić information content (AvgIpc) is 2.72. The number of anilines is 1. The van der Waals surface area contributed by atoms with Crippen LogP contribution in [-0.4, -0.2) is 22.5 Å². The molecule has 1 aromatic carbocycles. The highest BCUT2D eigenvalue weighted by molar-refractivity contribution is 5.92. The standard InChI is InChI=1S/C13H15N3O2/c1-2-18-13(17)11-12(14)16-10(15-11)8-9-6-4-3-5-7-9/h3-7H,2,8,14H2,1H3,(H,15,16). The van der Waals surface area contributed by atoms with Crippen molar-refractivity contribution in [3.05, 3.63) is 47.4 Å². The molecule has 94 valence electrons. The maximum Gasteiger partial charge on any atom is 0.358 e. The first-order valence-electron chi connectivity index (χ1n) is 5.76. The van der Waals surface area contributed by atoms with Crippen molar-refractivity contribution < 1.29 is 9.53 Å². The third-order valence-corrected chi connectivity index (χ3v) is 2.47. The molecule has 0 amide bonds. The fourth-order valence-corrected chi connectivity index (χ4v) is 1.67. The first-order chi connectivity index (χ1) is 8.70. The Hall–Kier alpha value is -2.30. The van der Waals surface area contributed by atoms with Gasteiger partial charge < -0.3 is 15.5 Å². The fourth-order valence-electron chi connectivity index (χ4n) is 1.67. The van der Waals surface area contributed by atoms with E-state index in [1.54, 1.807) is 6.92 Å². The normalized spacial score (nSPS) is 10.3. The minimum absolute atomic E-state index is 0.180. The summed E-state index contributed by atoms with van der Waals surface area (Å²) < 4.78 is 4.88. The highest BCUT2D eigenvalue weighted by atomic mass is 16.5. The van der Waals surface area contributed by atoms with Gasteiger partial charge >= 0.3 is 5.97 Å². The number of imidazole rings is 1. The van der Waals surface area contributed by atoms with Crippen molar-refractivity contribution in [2.45, 2.75) is 13.3 Å². The van der Waals surface area contributed by atoms with Gasteiger partial charge in [-0.25, -0.2) is 9.78 Å². The number of H-pyrrole nitrogens is 1. The van der Waals surface area contributed by atoms with Gasteiger partial charge in [-0.15, -0.1) is 0 Å². The number of hydrogen-bond acceptors (Lipinski definition) is 4. The zero-order valence-corrected chi connectivity index (χ0v) is 10.1. The van der Waals surface area contributed by atoms with Gasteiger partial charge in [-0.05, 0) is 12.5 Å². The molecule has 0 saturated carbocycles. The van der Waals surface area contributed by atoms with E-state index in [1.165, 1.54) is 0 Å². The molecule has 0 atom stereocenters. The van der Waals surface area contributed by atoms with Crippen LogP contribution in [0.1, 0.15) is 28.8 Å². The minimum Gasteiger partial charge on any atom is -0.461 e. The number of nitrogen functional groups attached to an aromatic ring is 1. The Morgan fingerprint density at radius 1 is 1.39 bits per heavy atom. The number of aromatic nitrogens is 2. The van der Waals surface area contributed by atoms with Crippen LogP contribution in [0.25, 0.3) is 0 Å². The third kappa shape index (κ3) is 2.68. The van der Waals surface area contributed by atoms with Crippen molar-refractivity contribution in [2.75, 3.05) is 12.3 Å². The van der Waals surface area contributed by atoms with Gasteiger partial charge in [0.25, 0.3) is 0 Å². The van der Waals surface area contributed by atoms with Gasteiger partial charge in [0.15, 0.2) is 11.5 Å². The van der Waals surface area contributed by atoms with Gasteiger partial charge in [0, 0.05) is 6.42 Å². The third-order valence-electron chi connectivity index (χ3n) is 2.47. The lowest BCUT2D eigenvalue weighted by Crippen LogP contribution is -2.07. The van der Waals surface area contributed by atoms with Crippen LogP contribution in [-0.2, 0) is 11.2 Å². The van der Waals surface area contributed by atoms with Crippen LogP contribution in [0.2, 0.25) is 0 Å². The number of nitrogens with zero attached hydrogens (tertiary/aromatic N) is 1. The molecule has 0 aliphatic carbocycles. The molecule has 0 radical (unpaired) electrons. The van der Waals surface area contributed by atoms with E-state index < -0.39 is 5.97 Å². The molecule has 0 unspecified atom stereocenters. The van der Waals surface area contributed by atoms with E-state index in [0.29, 0.717) is 18.9 Å². The second-order valence-corrected chi connectivity index (χ2v) is 3.83. The molecule has 2 rings (SSSR count). The Labute approximate surface area is 105 Å². The Kier molecular flexibility index (Phi) is 3.62. The van der Waals surface area contributed by atoms with Gasteiger partial charge in [-0.2, -0.15) is 0 Å². The highest BCUT2D eigenvalue weighted by Crippen LogP contribution is 2.13. The lowest BCUT2D eigenvalue weighted by Gasteiger charge is -1.99. The van der Waals surface area contributed by atoms with E-state index >= 15 is 0 Å². The molecular weight excluding hydrogens is 230 g/mol. The molecule has 0 bridgehead atoms. The minimum atomic E-state index is -0.471. The van der Waals surface area contributed by atoms with E-state index in [0.717, 1.165) is 5.56 Å². The van der Waals surface area contributed by atoms with Gasteiger partial charge in [0.1, 0.15) is 5.82 Å². The second kappa shape index (κ2) is 5.35. The summed E-state index contributed by atoms with van der Waals surface area (Å²) >= 11 is 0. The van der Waals surface area contributed by atoms with E-state index in [4.69, 9.17) is 10.5 Å². The van der Waals surface area contributed by atoms with Gasteiger partial charge in [-0.1, -0.05) is 30.3 Å². The molecule has 5 nitrogen and oxygen atoms in total. The topological polar surface area (TPSA) is 81.0 Å². The summed E-state index contributed by atoms with van der Waals surface area (Å²) in [4.78, 5) is 18.6. The van der Waals surface area contributed by atoms with Crippen molar-refractivity contribution in [3.8, 4) is 0 Å². The zero-order chi connectivity index (χ0) is 13.0. The Morgan fingerprint density at radius 3 is 2.78 bits per heavy atom. The highest BCUT2D eigenvalue weighted by Gasteiger charge is 2.16. The van der Waals surface area contributed by atoms with Crippen LogP contribution in [0.4, 0.5) is 5.82 Å². The van der Waals surface area contributed by atoms with Crippen LogP contribution in [0.3, 0.4) is 0 Å². The zero-order valence-electron chi connectivity index (χ0n) is 10.1. The van der Waals surface area contributed by atoms with E-state index in [2.05, 4.69) is 9.97 Å². The molecule has 2 aromatic rings. The predicted molar refractivity (Wildman–Crippen MR) is 68.2 cm³/mol. The SMILES string of the molecule is CCOC(=O)c1[nH]c(Cc2ccccc2)nc1N. The number of carbonyl (C=O) groups excluding carboxylic acids is 1. The number of benzene rings is 1. The van der Waals surface area contributed by atoms with Crippen LogP contribution in [0, 0.1) is 0 Å². The quantitative estimate of drug-likeness (QED) is 0.804. The molecule has 1 aromatic heterocycles. The second-order valence-electron chi connectivity index (χ2n) is 3.83. The van der Waals surface area contributed by atoms with Crippen LogP contribution in [0.15, 0.2) is 30.3 Å². The average molecular weight is 245 g/mol. The van der Waals surface area contributed by atoms with E-state index in [-0.39, 0.29) is 11.5 Å². The molecule has 0 fully saturated rings. The van der Waals surface area contributed by atoms with Crippen molar-refractivity contribution in [1.82, 2.24) is 9.97 Å². The Bertz CT molecular complexity index is 534. The summed E-state index contributed by atoms with van der Waals surface area (Å²) in [5.74, 6) is 0.364. The molecule has 5 heteroatoms. The molecule has 18 heavy (non-hydrogen) atoms. The summed E-state index contributed by atoms with van der Waals surface area (Å²) in [5, 5.41) is 0. The monoisotopic (exact) mass is 245 g/mol. The molecule has 0 saturated heterocycles. The lowest BCUT2D eigenvalue weighted by molar-refractivity contribution is 0.0521. The number of esters is 1. The molecule has 0 aliphatic rings. The molecule has 0 spiro atoms. The van der Waals surface area contributed by atoms with Gasteiger partial charge in [0.05, 0.1) is 6.61 Å². The summed E-state index contributed by atoms with van der Waals surface area (Å²) in [6, 6.07) is 9.83. The lowest BCUT2D eigenvalue weighted by atomic mass is 10.1. The number of nitrogens with two attached hydrogens (primary N) is 1. The Balaban J connectivity index is 2.16. The van der Waals surface area contributed by atoms with E-state index in [9.17, 15) is 4.79 Å². The summed E-state index contributed by atoms with van der Waals surface area (Å²) in [6.07, 6.45) is 0.602. The summed E-state index contributed by atoms with van der Waals surface area (Å²) in [7, 11) is 0. The maximum atomic E-state index is 11.6. The molecule has 0 aliphatic heterocycles. The number of carbonyl (C=O) groups is 1. The molecule has 3 N–H and O–H groups in total. The van der Waals surface area contributed by atoms with E-state index in [1.807, 2.05) is 30.3 Å². The largest absolute Gasteiger partial charge is 0.461 e. The van der Waals surface area contributed by atoms with Crippen molar-refractivity contribution >= 4 is 11.8 Å². The molecule has 1 heterocycles. The molecular formula is C13H15N3O2. The number of aromatic amines is 1. The first-order valence-corrected chi connectivity index (χ1v) is 5.76. The number of ether oxygens (including phenoxy) is 1. The van der Waals surface area contributed by atoms with Gasteiger partial charge in [-0.3, -0.25) is 0 Å². The van der Waals surface area contributed by atoms with Crippen molar-refractivity contribution in [3.63, 3.8) is 0 Å². The summed E-state index contributed by atoms with van der Waals surface area (Å²) in [5.41, 5.74) is 7.01. The first kappa shape index (κ1) is 12.2. The number of hydrogen-bond donors (Lipinski definition) is 2. The maximum absolute atomic E-state index is 11.6. The smallest absolute Gasteiger partial charge is 0.358 e. The predicted octanol–water partition coefficient (Wildman–Crippen LogP) is 1.76. The Morgan fingerprint density at radius 2 is 2.11 bits per heavy atom. The fraction of sp³-hybridized carbons (Fsp3) is 0.231. The number of nitrogens with one attached hydrogen (secondary N) is 1.